The third-order valence-electron chi connectivity index (χ3n) is 2.87. The molecule has 0 amide bonds. The standard InChI is InChI=1S/C14H12N4/c1-9-4-11(7-16-6-9)10-2-3-13-12(5-10)14(15)18-8-17-13/h2-8H,1H3,(H2,15,17,18). The van der Waals surface area contributed by atoms with Gasteiger partial charge < -0.3 is 5.73 Å². The zero-order chi connectivity index (χ0) is 12.5. The Morgan fingerprint density at radius 3 is 2.72 bits per heavy atom. The molecule has 4 heteroatoms. The molecule has 0 aliphatic carbocycles. The topological polar surface area (TPSA) is 64.7 Å². The third-order valence-corrected chi connectivity index (χ3v) is 2.87. The second kappa shape index (κ2) is 4.07. The van der Waals surface area contributed by atoms with Gasteiger partial charge in [-0.25, -0.2) is 9.97 Å². The number of aryl methyl sites for hydroxylation is 1. The number of benzene rings is 1. The van der Waals surface area contributed by atoms with Crippen LogP contribution in [0.3, 0.4) is 0 Å². The summed E-state index contributed by atoms with van der Waals surface area (Å²) in [6.45, 7) is 2.02. The maximum absolute atomic E-state index is 5.87. The SMILES string of the molecule is Cc1cncc(-c2ccc3ncnc(N)c3c2)c1. The quantitative estimate of drug-likeness (QED) is 0.705. The summed E-state index contributed by atoms with van der Waals surface area (Å²) >= 11 is 0. The maximum Gasteiger partial charge on any atom is 0.134 e. The molecule has 3 aromatic rings. The van der Waals surface area contributed by atoms with Crippen molar-refractivity contribution in [2.45, 2.75) is 6.92 Å². The Hall–Kier alpha value is -2.49. The minimum absolute atomic E-state index is 0.502. The van der Waals surface area contributed by atoms with E-state index in [0.29, 0.717) is 5.82 Å². The van der Waals surface area contributed by atoms with Crippen molar-refractivity contribution in [2.75, 3.05) is 5.73 Å². The molecule has 2 N–H and O–H groups in total. The van der Waals surface area contributed by atoms with E-state index < -0.39 is 0 Å². The molecule has 18 heavy (non-hydrogen) atoms. The molecule has 0 aliphatic rings. The van der Waals surface area contributed by atoms with Gasteiger partial charge in [0.05, 0.1) is 5.52 Å². The zero-order valence-corrected chi connectivity index (χ0v) is 9.96. The van der Waals surface area contributed by atoms with E-state index in [-0.39, 0.29) is 0 Å². The number of rotatable bonds is 1. The van der Waals surface area contributed by atoms with Gasteiger partial charge in [-0.05, 0) is 36.2 Å². The summed E-state index contributed by atoms with van der Waals surface area (Å²) in [5.41, 5.74) is 9.99. The van der Waals surface area contributed by atoms with Crippen LogP contribution in [-0.2, 0) is 0 Å². The van der Waals surface area contributed by atoms with E-state index in [0.717, 1.165) is 27.6 Å². The number of aromatic nitrogens is 3. The summed E-state index contributed by atoms with van der Waals surface area (Å²) < 4.78 is 0. The molecule has 0 spiro atoms. The minimum Gasteiger partial charge on any atom is -0.383 e. The Labute approximate surface area is 105 Å². The third kappa shape index (κ3) is 1.78. The second-order valence-corrected chi connectivity index (χ2v) is 4.24. The summed E-state index contributed by atoms with van der Waals surface area (Å²) in [6.07, 6.45) is 5.15. The lowest BCUT2D eigenvalue weighted by Crippen LogP contribution is -1.93. The molecular formula is C14H12N4. The highest BCUT2D eigenvalue weighted by molar-refractivity contribution is 5.91. The molecule has 88 valence electrons. The number of nitrogens with two attached hydrogens (primary N) is 1. The number of nitrogens with zero attached hydrogens (tertiary/aromatic N) is 3. The van der Waals surface area contributed by atoms with Crippen molar-refractivity contribution < 1.29 is 0 Å². The first-order valence-electron chi connectivity index (χ1n) is 5.66. The van der Waals surface area contributed by atoms with Gasteiger partial charge in [-0.1, -0.05) is 6.07 Å². The van der Waals surface area contributed by atoms with Gasteiger partial charge in [0.25, 0.3) is 0 Å². The number of fused-ring (bicyclic) bond motifs is 1. The first-order valence-corrected chi connectivity index (χ1v) is 5.66. The summed E-state index contributed by atoms with van der Waals surface area (Å²) in [4.78, 5) is 12.4. The molecule has 0 atom stereocenters. The molecular weight excluding hydrogens is 224 g/mol. The normalized spacial score (nSPS) is 10.7. The Kier molecular flexibility index (Phi) is 2.41. The highest BCUT2D eigenvalue weighted by Crippen LogP contribution is 2.25. The summed E-state index contributed by atoms with van der Waals surface area (Å²) in [5, 5.41) is 0.872. The van der Waals surface area contributed by atoms with Gasteiger partial charge in [0.2, 0.25) is 0 Å². The van der Waals surface area contributed by atoms with Gasteiger partial charge in [0, 0.05) is 23.3 Å². The maximum atomic E-state index is 5.87. The number of hydrogen-bond acceptors (Lipinski definition) is 4. The van der Waals surface area contributed by atoms with Crippen molar-refractivity contribution >= 4 is 16.7 Å². The zero-order valence-electron chi connectivity index (χ0n) is 9.96. The van der Waals surface area contributed by atoms with Crippen LogP contribution in [0.1, 0.15) is 5.56 Å². The van der Waals surface area contributed by atoms with E-state index in [1.807, 2.05) is 37.5 Å². The molecule has 0 unspecified atom stereocenters. The first kappa shape index (κ1) is 10.7. The van der Waals surface area contributed by atoms with Gasteiger partial charge in [0.1, 0.15) is 12.1 Å². The van der Waals surface area contributed by atoms with Crippen molar-refractivity contribution in [2.24, 2.45) is 0 Å². The molecule has 0 saturated carbocycles. The van der Waals surface area contributed by atoms with E-state index >= 15 is 0 Å². The Balaban J connectivity index is 2.22. The molecule has 2 heterocycles. The summed E-state index contributed by atoms with van der Waals surface area (Å²) in [6, 6.07) is 8.06. The van der Waals surface area contributed by atoms with E-state index in [9.17, 15) is 0 Å². The minimum atomic E-state index is 0.502. The highest BCUT2D eigenvalue weighted by Gasteiger charge is 2.04. The van der Waals surface area contributed by atoms with Gasteiger partial charge in [-0.15, -0.1) is 0 Å². The van der Waals surface area contributed by atoms with Crippen LogP contribution in [0, 0.1) is 6.92 Å². The first-order chi connectivity index (χ1) is 8.74. The molecule has 0 bridgehead atoms. The van der Waals surface area contributed by atoms with Gasteiger partial charge >= 0.3 is 0 Å². The molecule has 0 saturated heterocycles. The number of pyridine rings is 1. The van der Waals surface area contributed by atoms with Crippen LogP contribution in [-0.4, -0.2) is 15.0 Å². The van der Waals surface area contributed by atoms with E-state index in [1.165, 1.54) is 6.33 Å². The highest BCUT2D eigenvalue weighted by atomic mass is 14.9. The molecule has 0 radical (unpaired) electrons. The summed E-state index contributed by atoms with van der Waals surface area (Å²) in [5.74, 6) is 0.502. The van der Waals surface area contributed by atoms with Crippen LogP contribution in [0.5, 0.6) is 0 Å². The van der Waals surface area contributed by atoms with Crippen molar-refractivity contribution in [1.29, 1.82) is 0 Å². The predicted octanol–water partition coefficient (Wildman–Crippen LogP) is 2.58. The largest absolute Gasteiger partial charge is 0.383 e. The van der Waals surface area contributed by atoms with Crippen LogP contribution in [0.15, 0.2) is 43.0 Å². The molecule has 1 aromatic carbocycles. The average molecular weight is 236 g/mol. The van der Waals surface area contributed by atoms with E-state index in [2.05, 4.69) is 21.0 Å². The monoisotopic (exact) mass is 236 g/mol. The Bertz CT molecular complexity index is 722. The molecule has 3 rings (SSSR count). The van der Waals surface area contributed by atoms with Crippen LogP contribution < -0.4 is 5.73 Å². The van der Waals surface area contributed by atoms with E-state index in [4.69, 9.17) is 5.73 Å². The summed E-state index contributed by atoms with van der Waals surface area (Å²) in [7, 11) is 0. The van der Waals surface area contributed by atoms with Crippen LogP contribution in [0.4, 0.5) is 5.82 Å². The fraction of sp³-hybridized carbons (Fsp3) is 0.0714. The van der Waals surface area contributed by atoms with E-state index in [1.54, 1.807) is 0 Å². The lowest BCUT2D eigenvalue weighted by Gasteiger charge is -2.05. The smallest absolute Gasteiger partial charge is 0.134 e. The lowest BCUT2D eigenvalue weighted by molar-refractivity contribution is 1.23. The fourth-order valence-corrected chi connectivity index (χ4v) is 1.97. The average Bonchev–Trinajstić information content (AvgIpc) is 2.39. The van der Waals surface area contributed by atoms with Crippen LogP contribution in [0.25, 0.3) is 22.0 Å². The molecule has 0 fully saturated rings. The number of anilines is 1. The van der Waals surface area contributed by atoms with Gasteiger partial charge in [-0.3, -0.25) is 4.98 Å². The predicted molar refractivity (Wildman–Crippen MR) is 71.9 cm³/mol. The van der Waals surface area contributed by atoms with Crippen molar-refractivity contribution in [3.05, 3.63) is 48.5 Å². The lowest BCUT2D eigenvalue weighted by atomic mass is 10.0. The molecule has 0 aliphatic heterocycles. The van der Waals surface area contributed by atoms with Crippen LogP contribution >= 0.6 is 0 Å². The van der Waals surface area contributed by atoms with Crippen molar-refractivity contribution in [1.82, 2.24) is 15.0 Å². The second-order valence-electron chi connectivity index (χ2n) is 4.24. The number of nitrogen functional groups attached to an aromatic ring is 1. The van der Waals surface area contributed by atoms with Crippen molar-refractivity contribution in [3.63, 3.8) is 0 Å². The fourth-order valence-electron chi connectivity index (χ4n) is 1.97. The van der Waals surface area contributed by atoms with Gasteiger partial charge in [0.15, 0.2) is 0 Å². The Morgan fingerprint density at radius 1 is 1.00 bits per heavy atom. The Morgan fingerprint density at radius 2 is 1.89 bits per heavy atom. The molecule has 4 nitrogen and oxygen atoms in total. The van der Waals surface area contributed by atoms with Crippen LogP contribution in [0.2, 0.25) is 0 Å². The molecule has 2 aromatic heterocycles. The van der Waals surface area contributed by atoms with Gasteiger partial charge in [-0.2, -0.15) is 0 Å². The number of hydrogen-bond donors (Lipinski definition) is 1. The van der Waals surface area contributed by atoms with Crippen molar-refractivity contribution in [3.8, 4) is 11.1 Å².